The van der Waals surface area contributed by atoms with Gasteiger partial charge in [0.2, 0.25) is 0 Å². The molecule has 0 N–H and O–H groups in total. The van der Waals surface area contributed by atoms with Crippen molar-refractivity contribution >= 4 is 6.29 Å². The van der Waals surface area contributed by atoms with Crippen molar-refractivity contribution in [3.05, 3.63) is 35.9 Å². The minimum Gasteiger partial charge on any atom is -0.377 e. The van der Waals surface area contributed by atoms with Crippen molar-refractivity contribution in [1.82, 2.24) is 0 Å². The quantitative estimate of drug-likeness (QED) is 0.418. The monoisotopic (exact) mass is 220 g/mol. The molecule has 1 fully saturated rings. The van der Waals surface area contributed by atoms with Crippen LogP contribution < -0.4 is 0 Å². The third-order valence-electron chi connectivity index (χ3n) is 2.85. The molecule has 0 saturated carbocycles. The number of carbonyl (C=O) groups excluding carboxylic acids is 1. The Hall–Kier alpha value is -1.19. The van der Waals surface area contributed by atoms with E-state index in [1.165, 1.54) is 0 Å². The van der Waals surface area contributed by atoms with Crippen LogP contribution in [0, 0.1) is 0 Å². The van der Waals surface area contributed by atoms with Crippen LogP contribution in [0.2, 0.25) is 0 Å². The van der Waals surface area contributed by atoms with Gasteiger partial charge in [-0.3, -0.25) is 0 Å². The van der Waals surface area contributed by atoms with E-state index in [-0.39, 0.29) is 6.10 Å². The van der Waals surface area contributed by atoms with Crippen LogP contribution in [0.5, 0.6) is 0 Å². The summed E-state index contributed by atoms with van der Waals surface area (Å²) in [4.78, 5) is 10.6. The first-order valence-electron chi connectivity index (χ1n) is 5.50. The average molecular weight is 220 g/mol. The van der Waals surface area contributed by atoms with Gasteiger partial charge < -0.3 is 14.3 Å². The Labute approximate surface area is 95.4 Å². The van der Waals surface area contributed by atoms with Gasteiger partial charge in [-0.2, -0.15) is 0 Å². The maximum atomic E-state index is 10.6. The van der Waals surface area contributed by atoms with Gasteiger partial charge in [0.1, 0.15) is 5.60 Å². The Kier molecular flexibility index (Phi) is 3.36. The van der Waals surface area contributed by atoms with Crippen LogP contribution >= 0.6 is 0 Å². The molecule has 16 heavy (non-hydrogen) atoms. The van der Waals surface area contributed by atoms with Crippen molar-refractivity contribution in [1.29, 1.82) is 0 Å². The van der Waals surface area contributed by atoms with Crippen molar-refractivity contribution < 1.29 is 14.3 Å². The molecule has 1 aromatic rings. The van der Waals surface area contributed by atoms with E-state index in [0.29, 0.717) is 13.2 Å². The summed E-state index contributed by atoms with van der Waals surface area (Å²) in [5.74, 6) is 0. The van der Waals surface area contributed by atoms with E-state index in [1.54, 1.807) is 0 Å². The lowest BCUT2D eigenvalue weighted by Gasteiger charge is -2.03. The molecule has 3 heteroatoms. The maximum absolute atomic E-state index is 10.6. The molecule has 3 nitrogen and oxygen atoms in total. The van der Waals surface area contributed by atoms with Crippen molar-refractivity contribution in [3.8, 4) is 0 Å². The van der Waals surface area contributed by atoms with E-state index >= 15 is 0 Å². The second-order valence-corrected chi connectivity index (χ2v) is 4.24. The zero-order chi connectivity index (χ0) is 11.4. The van der Waals surface area contributed by atoms with Gasteiger partial charge >= 0.3 is 0 Å². The predicted molar refractivity (Wildman–Crippen MR) is 60.1 cm³/mol. The molecule has 0 radical (unpaired) electrons. The first-order chi connectivity index (χ1) is 7.74. The molecule has 1 aromatic carbocycles. The van der Waals surface area contributed by atoms with Crippen LogP contribution in [-0.4, -0.2) is 24.6 Å². The fraction of sp³-hybridized carbons (Fsp3) is 0.462. The van der Waals surface area contributed by atoms with Gasteiger partial charge in [0.15, 0.2) is 6.29 Å². The van der Waals surface area contributed by atoms with E-state index in [9.17, 15) is 4.79 Å². The molecule has 1 saturated heterocycles. The van der Waals surface area contributed by atoms with E-state index in [4.69, 9.17) is 9.47 Å². The summed E-state index contributed by atoms with van der Waals surface area (Å²) in [6.45, 7) is 3.05. The number of benzene rings is 1. The summed E-state index contributed by atoms with van der Waals surface area (Å²) in [7, 11) is 0. The van der Waals surface area contributed by atoms with Gasteiger partial charge in [0, 0.05) is 13.0 Å². The average Bonchev–Trinajstić information content (AvgIpc) is 2.98. The summed E-state index contributed by atoms with van der Waals surface area (Å²) in [5, 5.41) is 0. The summed E-state index contributed by atoms with van der Waals surface area (Å²) in [6, 6.07) is 10.0. The lowest BCUT2D eigenvalue weighted by Crippen LogP contribution is -2.12. The van der Waals surface area contributed by atoms with Crippen LogP contribution in [0.4, 0.5) is 0 Å². The molecule has 0 bridgehead atoms. The largest absolute Gasteiger partial charge is 0.377 e. The minimum absolute atomic E-state index is 0.0424. The normalized spacial score (nSPS) is 27.7. The van der Waals surface area contributed by atoms with Crippen LogP contribution in [0.1, 0.15) is 18.9 Å². The lowest BCUT2D eigenvalue weighted by atomic mass is 10.1. The Bertz CT molecular complexity index is 349. The fourth-order valence-electron chi connectivity index (χ4n) is 1.68. The van der Waals surface area contributed by atoms with Gasteiger partial charge in [-0.15, -0.1) is 0 Å². The van der Waals surface area contributed by atoms with Crippen LogP contribution in [0.15, 0.2) is 30.3 Å². The highest BCUT2D eigenvalue weighted by atomic mass is 16.6. The smallest absolute Gasteiger partial charge is 0.154 e. The maximum Gasteiger partial charge on any atom is 0.154 e. The summed E-state index contributed by atoms with van der Waals surface area (Å²) >= 11 is 0. The highest BCUT2D eigenvalue weighted by Crippen LogP contribution is 2.36. The van der Waals surface area contributed by atoms with Crippen molar-refractivity contribution in [2.45, 2.75) is 31.7 Å². The lowest BCUT2D eigenvalue weighted by molar-refractivity contribution is -0.111. The highest BCUT2D eigenvalue weighted by Gasteiger charge is 2.51. The van der Waals surface area contributed by atoms with Crippen molar-refractivity contribution in [2.75, 3.05) is 6.61 Å². The van der Waals surface area contributed by atoms with Crippen LogP contribution in [0.25, 0.3) is 0 Å². The molecule has 86 valence electrons. The zero-order valence-electron chi connectivity index (χ0n) is 9.39. The number of rotatable bonds is 6. The molecule has 0 amide bonds. The molecular weight excluding hydrogens is 204 g/mol. The topological polar surface area (TPSA) is 38.8 Å². The molecule has 0 aromatic heterocycles. The summed E-state index contributed by atoms with van der Waals surface area (Å²) < 4.78 is 10.8. The predicted octanol–water partition coefficient (Wildman–Crippen LogP) is 1.95. The molecule has 1 heterocycles. The van der Waals surface area contributed by atoms with Gasteiger partial charge in [0.05, 0.1) is 12.7 Å². The van der Waals surface area contributed by atoms with E-state index < -0.39 is 5.60 Å². The highest BCUT2D eigenvalue weighted by molar-refractivity contribution is 5.66. The second-order valence-electron chi connectivity index (χ2n) is 4.24. The van der Waals surface area contributed by atoms with Gasteiger partial charge in [-0.25, -0.2) is 0 Å². The zero-order valence-corrected chi connectivity index (χ0v) is 9.39. The Morgan fingerprint density at radius 1 is 1.44 bits per heavy atom. The molecule has 2 rings (SSSR count). The first-order valence-corrected chi connectivity index (χ1v) is 5.50. The number of aldehydes is 1. The molecule has 2 atom stereocenters. The Morgan fingerprint density at radius 2 is 2.19 bits per heavy atom. The number of carbonyl (C=O) groups is 1. The Morgan fingerprint density at radius 3 is 2.81 bits per heavy atom. The standard InChI is InChI=1S/C13H16O3/c1-13(10-14)12(16-13)7-8-15-9-11-5-3-2-4-6-11/h2-6,10,12H,7-9H2,1H3/t12-,13-/m0/s1. The fourth-order valence-corrected chi connectivity index (χ4v) is 1.68. The van der Waals surface area contributed by atoms with E-state index in [1.807, 2.05) is 37.3 Å². The van der Waals surface area contributed by atoms with E-state index in [2.05, 4.69) is 0 Å². The summed E-state index contributed by atoms with van der Waals surface area (Å²) in [6.07, 6.45) is 1.69. The third-order valence-corrected chi connectivity index (χ3v) is 2.85. The SMILES string of the molecule is C[C@@]1(C=O)O[C@H]1CCOCc1ccccc1. The molecule has 0 spiro atoms. The molecule has 1 aliphatic rings. The Balaban J connectivity index is 1.62. The third kappa shape index (κ3) is 2.68. The number of epoxide rings is 1. The van der Waals surface area contributed by atoms with Crippen molar-refractivity contribution in [3.63, 3.8) is 0 Å². The first kappa shape index (κ1) is 11.3. The molecule has 0 aliphatic carbocycles. The van der Waals surface area contributed by atoms with Gasteiger partial charge in [-0.05, 0) is 12.5 Å². The van der Waals surface area contributed by atoms with Crippen LogP contribution in [0.3, 0.4) is 0 Å². The molecule has 0 unspecified atom stereocenters. The van der Waals surface area contributed by atoms with Gasteiger partial charge in [-0.1, -0.05) is 30.3 Å². The summed E-state index contributed by atoms with van der Waals surface area (Å²) in [5.41, 5.74) is 0.619. The van der Waals surface area contributed by atoms with Crippen LogP contribution in [-0.2, 0) is 20.9 Å². The van der Waals surface area contributed by atoms with Crippen molar-refractivity contribution in [2.24, 2.45) is 0 Å². The molecule has 1 aliphatic heterocycles. The van der Waals surface area contributed by atoms with E-state index in [0.717, 1.165) is 18.3 Å². The van der Waals surface area contributed by atoms with Gasteiger partial charge in [0.25, 0.3) is 0 Å². The number of hydrogen-bond acceptors (Lipinski definition) is 3. The molecular formula is C13H16O3. The number of ether oxygens (including phenoxy) is 2. The second kappa shape index (κ2) is 4.76. The number of hydrogen-bond donors (Lipinski definition) is 0. The minimum atomic E-state index is -0.546.